The summed E-state index contributed by atoms with van der Waals surface area (Å²) in [7, 11) is 0. The molecule has 1 aromatic carbocycles. The summed E-state index contributed by atoms with van der Waals surface area (Å²) in [5.41, 5.74) is 6.62. The highest BCUT2D eigenvalue weighted by atomic mass is 19.1. The van der Waals surface area contributed by atoms with Crippen LogP contribution in [0.5, 0.6) is 0 Å². The minimum absolute atomic E-state index is 0.0560. The third-order valence-corrected chi connectivity index (χ3v) is 2.09. The van der Waals surface area contributed by atoms with Gasteiger partial charge in [0, 0.05) is 11.9 Å². The summed E-state index contributed by atoms with van der Waals surface area (Å²) in [6, 6.07) is 6.39. The number of carboxylic acid groups (broad SMARTS) is 1. The molecule has 0 spiro atoms. The zero-order chi connectivity index (χ0) is 12.8. The summed E-state index contributed by atoms with van der Waals surface area (Å²) < 4.78 is 12.2. The van der Waals surface area contributed by atoms with Crippen LogP contribution >= 0.6 is 0 Å². The van der Waals surface area contributed by atoms with Crippen LogP contribution in [0.15, 0.2) is 40.5 Å². The van der Waals surface area contributed by atoms with Gasteiger partial charge < -0.3 is 10.8 Å². The van der Waals surface area contributed by atoms with E-state index in [9.17, 15) is 9.18 Å². The maximum absolute atomic E-state index is 12.2. The predicted octanol–water partition coefficient (Wildman–Crippen LogP) is 2.18. The molecular formula is C12H13FN2O2. The lowest BCUT2D eigenvalue weighted by molar-refractivity contribution is -0.132. The third kappa shape index (κ3) is 3.71. The minimum Gasteiger partial charge on any atom is -0.478 e. The number of aliphatic carboxylic acids is 1. The number of hydrogen-bond donors (Lipinski definition) is 2. The first-order valence-electron chi connectivity index (χ1n) is 4.93. The van der Waals surface area contributed by atoms with Crippen LogP contribution in [0, 0.1) is 0 Å². The summed E-state index contributed by atoms with van der Waals surface area (Å²) in [5.74, 6) is -1.13. The molecule has 0 heterocycles. The van der Waals surface area contributed by atoms with Crippen molar-refractivity contribution in [2.45, 2.75) is 13.6 Å². The average molecular weight is 236 g/mol. The van der Waals surface area contributed by atoms with Crippen LogP contribution in [0.4, 0.5) is 10.1 Å². The van der Waals surface area contributed by atoms with Gasteiger partial charge in [0.1, 0.15) is 6.67 Å². The second kappa shape index (κ2) is 5.79. The fourth-order valence-electron chi connectivity index (χ4n) is 1.14. The highest BCUT2D eigenvalue weighted by molar-refractivity contribution is 6.09. The van der Waals surface area contributed by atoms with Crippen molar-refractivity contribution in [3.05, 3.63) is 41.1 Å². The Balaban J connectivity index is 2.89. The van der Waals surface area contributed by atoms with Crippen molar-refractivity contribution in [1.82, 2.24) is 0 Å². The maximum Gasteiger partial charge on any atom is 0.339 e. The molecular weight excluding hydrogens is 223 g/mol. The first-order valence-corrected chi connectivity index (χ1v) is 4.93. The minimum atomic E-state index is -1.13. The summed E-state index contributed by atoms with van der Waals surface area (Å²) in [5, 5.41) is 8.83. The lowest BCUT2D eigenvalue weighted by atomic mass is 10.2. The molecule has 0 aliphatic heterocycles. The molecule has 0 radical (unpaired) electrons. The Morgan fingerprint density at radius 3 is 2.47 bits per heavy atom. The Labute approximate surface area is 98.3 Å². The molecule has 17 heavy (non-hydrogen) atoms. The van der Waals surface area contributed by atoms with Crippen LogP contribution in [0.2, 0.25) is 0 Å². The molecule has 0 saturated heterocycles. The van der Waals surface area contributed by atoms with Gasteiger partial charge in [0.05, 0.1) is 11.3 Å². The van der Waals surface area contributed by atoms with Crippen molar-refractivity contribution in [3.63, 3.8) is 0 Å². The van der Waals surface area contributed by atoms with Crippen LogP contribution in [-0.4, -0.2) is 17.3 Å². The number of alkyl halides is 1. The number of allylic oxidation sites excluding steroid dienone is 1. The smallest absolute Gasteiger partial charge is 0.339 e. The second-order valence-electron chi connectivity index (χ2n) is 3.46. The molecule has 0 amide bonds. The lowest BCUT2D eigenvalue weighted by Crippen LogP contribution is -2.09. The van der Waals surface area contributed by atoms with Crippen molar-refractivity contribution in [2.75, 3.05) is 0 Å². The van der Waals surface area contributed by atoms with Gasteiger partial charge in [-0.15, -0.1) is 0 Å². The van der Waals surface area contributed by atoms with Crippen LogP contribution < -0.4 is 5.73 Å². The number of nitrogens with two attached hydrogens (primary N) is 1. The highest BCUT2D eigenvalue weighted by Crippen LogP contribution is 2.13. The van der Waals surface area contributed by atoms with E-state index in [4.69, 9.17) is 10.8 Å². The molecule has 0 aliphatic rings. The van der Waals surface area contributed by atoms with E-state index in [0.29, 0.717) is 11.3 Å². The summed E-state index contributed by atoms with van der Waals surface area (Å²) in [4.78, 5) is 14.7. The van der Waals surface area contributed by atoms with Crippen molar-refractivity contribution in [3.8, 4) is 0 Å². The quantitative estimate of drug-likeness (QED) is 0.621. The standard InChI is InChI=1S/C12H13FN2O2/c1-8(14)11(12(16)17)7-15-10-4-2-9(6-13)3-5-10/h2-5,7H,6,14H2,1H3,(H,16,17)/b11-8+,15-7?. The maximum atomic E-state index is 12.2. The van der Waals surface area contributed by atoms with E-state index in [1.165, 1.54) is 13.1 Å². The first kappa shape index (κ1) is 12.9. The molecule has 4 nitrogen and oxygen atoms in total. The van der Waals surface area contributed by atoms with E-state index in [2.05, 4.69) is 4.99 Å². The number of halogens is 1. The van der Waals surface area contributed by atoms with Gasteiger partial charge in [-0.05, 0) is 24.6 Å². The van der Waals surface area contributed by atoms with Gasteiger partial charge >= 0.3 is 5.97 Å². The average Bonchev–Trinajstić information content (AvgIpc) is 2.29. The molecule has 90 valence electrons. The third-order valence-electron chi connectivity index (χ3n) is 2.09. The Morgan fingerprint density at radius 2 is 2.06 bits per heavy atom. The molecule has 0 saturated carbocycles. The number of carbonyl (C=O) groups is 1. The van der Waals surface area contributed by atoms with Gasteiger partial charge in [-0.3, -0.25) is 4.99 Å². The fraction of sp³-hybridized carbons (Fsp3) is 0.167. The molecule has 3 N–H and O–H groups in total. The molecule has 0 bridgehead atoms. The molecule has 0 fully saturated rings. The summed E-state index contributed by atoms with van der Waals surface area (Å²) >= 11 is 0. The monoisotopic (exact) mass is 236 g/mol. The number of nitrogens with zero attached hydrogens (tertiary/aromatic N) is 1. The van der Waals surface area contributed by atoms with E-state index in [0.717, 1.165) is 0 Å². The van der Waals surface area contributed by atoms with E-state index in [-0.39, 0.29) is 11.3 Å². The second-order valence-corrected chi connectivity index (χ2v) is 3.46. The lowest BCUT2D eigenvalue weighted by Gasteiger charge is -1.98. The van der Waals surface area contributed by atoms with Gasteiger partial charge in [-0.25, -0.2) is 9.18 Å². The van der Waals surface area contributed by atoms with E-state index in [1.54, 1.807) is 24.3 Å². The largest absolute Gasteiger partial charge is 0.478 e. The molecule has 1 aromatic rings. The van der Waals surface area contributed by atoms with Crippen molar-refractivity contribution in [1.29, 1.82) is 0 Å². The summed E-state index contributed by atoms with van der Waals surface area (Å²) in [6.45, 7) is 0.952. The van der Waals surface area contributed by atoms with Gasteiger partial charge in [0.15, 0.2) is 0 Å². The zero-order valence-corrected chi connectivity index (χ0v) is 9.35. The van der Waals surface area contributed by atoms with Crippen LogP contribution in [-0.2, 0) is 11.5 Å². The van der Waals surface area contributed by atoms with Gasteiger partial charge in [0.25, 0.3) is 0 Å². The van der Waals surface area contributed by atoms with Crippen LogP contribution in [0.25, 0.3) is 0 Å². The Bertz CT molecular complexity index is 460. The Hall–Kier alpha value is -2.17. The van der Waals surface area contributed by atoms with Crippen LogP contribution in [0.3, 0.4) is 0 Å². The number of benzene rings is 1. The molecule has 0 atom stereocenters. The van der Waals surface area contributed by atoms with Gasteiger partial charge in [-0.1, -0.05) is 12.1 Å². The van der Waals surface area contributed by atoms with Crippen molar-refractivity contribution < 1.29 is 14.3 Å². The van der Waals surface area contributed by atoms with Gasteiger partial charge in [0.2, 0.25) is 0 Å². The molecule has 5 heteroatoms. The fourth-order valence-corrected chi connectivity index (χ4v) is 1.14. The van der Waals surface area contributed by atoms with Crippen molar-refractivity contribution in [2.24, 2.45) is 10.7 Å². The van der Waals surface area contributed by atoms with Crippen LogP contribution in [0.1, 0.15) is 12.5 Å². The van der Waals surface area contributed by atoms with Crippen molar-refractivity contribution >= 4 is 17.9 Å². The molecule has 0 aromatic heterocycles. The van der Waals surface area contributed by atoms with Gasteiger partial charge in [-0.2, -0.15) is 0 Å². The molecule has 0 unspecified atom stereocenters. The Morgan fingerprint density at radius 1 is 1.47 bits per heavy atom. The van der Waals surface area contributed by atoms with E-state index >= 15 is 0 Å². The first-order chi connectivity index (χ1) is 8.04. The number of rotatable bonds is 4. The number of aliphatic imine (C=N–C) groups is 1. The van der Waals surface area contributed by atoms with E-state index in [1.807, 2.05) is 0 Å². The molecule has 0 aliphatic carbocycles. The predicted molar refractivity (Wildman–Crippen MR) is 63.9 cm³/mol. The van der Waals surface area contributed by atoms with E-state index < -0.39 is 12.6 Å². The normalized spacial score (nSPS) is 12.6. The highest BCUT2D eigenvalue weighted by Gasteiger charge is 2.06. The Kier molecular flexibility index (Phi) is 4.39. The topological polar surface area (TPSA) is 75.7 Å². The number of carboxylic acids is 1. The molecule has 1 rings (SSSR count). The number of hydrogen-bond acceptors (Lipinski definition) is 3. The summed E-state index contributed by atoms with van der Waals surface area (Å²) in [6.07, 6.45) is 1.18. The zero-order valence-electron chi connectivity index (χ0n) is 9.35. The SMILES string of the molecule is C/C(N)=C(/C=Nc1ccc(CF)cc1)C(=O)O.